The van der Waals surface area contributed by atoms with Crippen LogP contribution < -0.4 is 15.0 Å². The minimum Gasteiger partial charge on any atom is -0.507 e. The standard InChI is InChI=1S/C28H21ClN2O5/c1-35-23-16-17(9-14-21(23)29)26(32)24-25(22-8-5-15-36-22)31(28(34)27(24)33)20-12-10-19(11-13-20)30-18-6-3-2-4-7-18/h2-16,25,30,32H,1H3/b26-24-. The topological polar surface area (TPSA) is 92.0 Å². The van der Waals surface area contributed by atoms with E-state index < -0.39 is 17.7 Å². The van der Waals surface area contributed by atoms with E-state index in [1.54, 1.807) is 36.4 Å². The molecule has 1 amide bonds. The van der Waals surface area contributed by atoms with Crippen LogP contribution in [0.4, 0.5) is 17.1 Å². The number of carbonyl (C=O) groups is 2. The Labute approximate surface area is 212 Å². The van der Waals surface area contributed by atoms with E-state index in [0.29, 0.717) is 22.2 Å². The van der Waals surface area contributed by atoms with E-state index in [0.717, 1.165) is 11.4 Å². The summed E-state index contributed by atoms with van der Waals surface area (Å²) < 4.78 is 10.8. The van der Waals surface area contributed by atoms with Crippen LogP contribution >= 0.6 is 11.6 Å². The Morgan fingerprint density at radius 3 is 2.36 bits per heavy atom. The second-order valence-electron chi connectivity index (χ2n) is 8.07. The number of amides is 1. The predicted molar refractivity (Wildman–Crippen MR) is 138 cm³/mol. The van der Waals surface area contributed by atoms with Crippen molar-refractivity contribution in [3.05, 3.63) is 113 Å². The Balaban J connectivity index is 1.56. The van der Waals surface area contributed by atoms with Crippen molar-refractivity contribution in [3.8, 4) is 5.75 Å². The Morgan fingerprint density at radius 1 is 0.972 bits per heavy atom. The Hall–Kier alpha value is -4.49. The van der Waals surface area contributed by atoms with Crippen molar-refractivity contribution in [3.63, 3.8) is 0 Å². The summed E-state index contributed by atoms with van der Waals surface area (Å²) in [5.74, 6) is -1.29. The van der Waals surface area contributed by atoms with Gasteiger partial charge in [-0.15, -0.1) is 0 Å². The van der Waals surface area contributed by atoms with E-state index in [1.807, 2.05) is 42.5 Å². The van der Waals surface area contributed by atoms with Gasteiger partial charge in [0.2, 0.25) is 0 Å². The maximum absolute atomic E-state index is 13.2. The quantitative estimate of drug-likeness (QED) is 0.183. The number of ether oxygens (including phenoxy) is 1. The molecule has 7 nitrogen and oxygen atoms in total. The van der Waals surface area contributed by atoms with E-state index in [1.165, 1.54) is 24.3 Å². The Morgan fingerprint density at radius 2 is 1.69 bits per heavy atom. The van der Waals surface area contributed by atoms with Crippen LogP contribution in [0.1, 0.15) is 17.4 Å². The number of aliphatic hydroxyl groups excluding tert-OH is 1. The normalized spacial score (nSPS) is 16.8. The fraction of sp³-hybridized carbons (Fsp3) is 0.0714. The molecule has 1 saturated heterocycles. The van der Waals surface area contributed by atoms with Gasteiger partial charge in [-0.1, -0.05) is 29.8 Å². The predicted octanol–water partition coefficient (Wildman–Crippen LogP) is 6.31. The van der Waals surface area contributed by atoms with Gasteiger partial charge in [0.25, 0.3) is 11.7 Å². The van der Waals surface area contributed by atoms with Gasteiger partial charge >= 0.3 is 0 Å². The molecule has 1 atom stereocenters. The number of nitrogens with one attached hydrogen (secondary N) is 1. The number of furan rings is 1. The third kappa shape index (κ3) is 4.21. The first-order valence-corrected chi connectivity index (χ1v) is 11.5. The first kappa shape index (κ1) is 23.3. The number of hydrogen-bond donors (Lipinski definition) is 2. The van der Waals surface area contributed by atoms with Crippen LogP contribution in [0.25, 0.3) is 5.76 Å². The zero-order chi connectivity index (χ0) is 25.2. The maximum atomic E-state index is 13.2. The molecule has 2 heterocycles. The third-order valence-corrected chi connectivity index (χ3v) is 6.20. The summed E-state index contributed by atoms with van der Waals surface area (Å²) in [6, 6.07) is 23.7. The fourth-order valence-electron chi connectivity index (χ4n) is 4.17. The number of carbonyl (C=O) groups excluding carboxylic acids is 2. The van der Waals surface area contributed by atoms with Gasteiger partial charge in [-0.25, -0.2) is 0 Å². The number of para-hydroxylation sites is 1. The molecule has 8 heteroatoms. The molecule has 1 aromatic heterocycles. The summed E-state index contributed by atoms with van der Waals surface area (Å²) in [4.78, 5) is 27.8. The third-order valence-electron chi connectivity index (χ3n) is 5.89. The molecule has 1 aliphatic heterocycles. The molecule has 36 heavy (non-hydrogen) atoms. The smallest absolute Gasteiger partial charge is 0.300 e. The molecule has 0 saturated carbocycles. The lowest BCUT2D eigenvalue weighted by molar-refractivity contribution is -0.132. The number of ketones is 1. The van der Waals surface area contributed by atoms with E-state index in [2.05, 4.69) is 5.32 Å². The molecule has 2 N–H and O–H groups in total. The molecule has 1 aliphatic rings. The molecule has 0 spiro atoms. The molecule has 180 valence electrons. The van der Waals surface area contributed by atoms with E-state index in [9.17, 15) is 14.7 Å². The number of hydrogen-bond acceptors (Lipinski definition) is 6. The average molecular weight is 501 g/mol. The first-order valence-electron chi connectivity index (χ1n) is 11.1. The van der Waals surface area contributed by atoms with Crippen molar-refractivity contribution < 1.29 is 23.8 Å². The second-order valence-corrected chi connectivity index (χ2v) is 8.48. The highest BCUT2D eigenvalue weighted by Crippen LogP contribution is 2.43. The van der Waals surface area contributed by atoms with Crippen LogP contribution in [0.2, 0.25) is 5.02 Å². The zero-order valence-corrected chi connectivity index (χ0v) is 19.9. The lowest BCUT2D eigenvalue weighted by atomic mass is 9.99. The highest BCUT2D eigenvalue weighted by molar-refractivity contribution is 6.51. The van der Waals surface area contributed by atoms with Crippen molar-refractivity contribution in [1.82, 2.24) is 0 Å². The SMILES string of the molecule is COc1cc(/C(O)=C2/C(=O)C(=O)N(c3ccc(Nc4ccccc4)cc3)C2c2ccco2)ccc1Cl. The second kappa shape index (κ2) is 9.64. The van der Waals surface area contributed by atoms with Gasteiger partial charge < -0.3 is 19.6 Å². The van der Waals surface area contributed by atoms with Crippen LogP contribution in [0.15, 0.2) is 101 Å². The molecular formula is C28H21ClN2O5. The monoisotopic (exact) mass is 500 g/mol. The van der Waals surface area contributed by atoms with Crippen LogP contribution in [0.3, 0.4) is 0 Å². The number of rotatable bonds is 6. The number of aliphatic hydroxyl groups is 1. The molecule has 1 unspecified atom stereocenters. The van der Waals surface area contributed by atoms with Crippen molar-refractivity contribution in [2.45, 2.75) is 6.04 Å². The molecule has 1 fully saturated rings. The van der Waals surface area contributed by atoms with E-state index in [-0.39, 0.29) is 16.9 Å². The molecule has 0 radical (unpaired) electrons. The average Bonchev–Trinajstić information content (AvgIpc) is 3.52. The number of anilines is 3. The molecular weight excluding hydrogens is 480 g/mol. The molecule has 3 aromatic carbocycles. The van der Waals surface area contributed by atoms with Gasteiger partial charge in [0.05, 0.1) is 24.0 Å². The molecule has 5 rings (SSSR count). The minimum absolute atomic E-state index is 0.0918. The summed E-state index contributed by atoms with van der Waals surface area (Å²) in [6.45, 7) is 0. The van der Waals surface area contributed by atoms with Gasteiger partial charge in [0, 0.05) is 22.6 Å². The fourth-order valence-corrected chi connectivity index (χ4v) is 4.37. The van der Waals surface area contributed by atoms with E-state index in [4.69, 9.17) is 20.8 Å². The Bertz CT molecular complexity index is 1450. The van der Waals surface area contributed by atoms with Crippen molar-refractivity contribution in [2.75, 3.05) is 17.3 Å². The van der Waals surface area contributed by atoms with Crippen LogP contribution in [-0.4, -0.2) is 23.9 Å². The van der Waals surface area contributed by atoms with Crippen molar-refractivity contribution in [1.29, 1.82) is 0 Å². The number of benzene rings is 3. The summed E-state index contributed by atoms with van der Waals surface area (Å²) in [5.41, 5.74) is 2.40. The minimum atomic E-state index is -0.963. The highest BCUT2D eigenvalue weighted by atomic mass is 35.5. The maximum Gasteiger partial charge on any atom is 0.300 e. The van der Waals surface area contributed by atoms with Gasteiger partial charge in [-0.2, -0.15) is 0 Å². The molecule has 0 aliphatic carbocycles. The van der Waals surface area contributed by atoms with Crippen LogP contribution in [0, 0.1) is 0 Å². The van der Waals surface area contributed by atoms with Gasteiger partial charge in [-0.3, -0.25) is 14.5 Å². The molecule has 0 bridgehead atoms. The number of nitrogens with zero attached hydrogens (tertiary/aromatic N) is 1. The van der Waals surface area contributed by atoms with Crippen LogP contribution in [0.5, 0.6) is 5.75 Å². The van der Waals surface area contributed by atoms with E-state index >= 15 is 0 Å². The lowest BCUT2D eigenvalue weighted by Gasteiger charge is -2.23. The van der Waals surface area contributed by atoms with Crippen molar-refractivity contribution >= 4 is 46.1 Å². The number of halogens is 1. The summed E-state index contributed by atoms with van der Waals surface area (Å²) >= 11 is 6.12. The largest absolute Gasteiger partial charge is 0.507 e. The Kier molecular flexibility index (Phi) is 6.23. The molecule has 4 aromatic rings. The van der Waals surface area contributed by atoms with Gasteiger partial charge in [-0.05, 0) is 66.7 Å². The summed E-state index contributed by atoms with van der Waals surface area (Å²) in [5, 5.41) is 14.8. The van der Waals surface area contributed by atoms with Crippen molar-refractivity contribution in [2.24, 2.45) is 0 Å². The lowest BCUT2D eigenvalue weighted by Crippen LogP contribution is -2.29. The highest BCUT2D eigenvalue weighted by Gasteiger charge is 2.48. The number of Topliss-reactive ketones (excluding diaryl/α,β-unsaturated/α-hetero) is 1. The van der Waals surface area contributed by atoms with Gasteiger partial charge in [0.15, 0.2) is 0 Å². The first-order chi connectivity index (χ1) is 17.5. The van der Waals surface area contributed by atoms with Crippen LogP contribution in [-0.2, 0) is 9.59 Å². The number of methoxy groups -OCH3 is 1. The van der Waals surface area contributed by atoms with Gasteiger partial charge in [0.1, 0.15) is 23.3 Å². The summed E-state index contributed by atoms with van der Waals surface area (Å²) in [7, 11) is 1.45. The summed E-state index contributed by atoms with van der Waals surface area (Å²) in [6.07, 6.45) is 1.45. The zero-order valence-electron chi connectivity index (χ0n) is 19.1.